The molecule has 0 amide bonds. The van der Waals surface area contributed by atoms with E-state index in [0.717, 1.165) is 48.2 Å². The van der Waals surface area contributed by atoms with Crippen LogP contribution in [0.25, 0.3) is 22.0 Å². The number of hydrogen-bond acceptors (Lipinski definition) is 6. The van der Waals surface area contributed by atoms with Gasteiger partial charge in [0.25, 0.3) is 0 Å². The first kappa shape index (κ1) is 16.5. The summed E-state index contributed by atoms with van der Waals surface area (Å²) in [6, 6.07) is 15.9. The number of aromatic nitrogens is 2. The van der Waals surface area contributed by atoms with Crippen molar-refractivity contribution >= 4 is 16.9 Å². The van der Waals surface area contributed by atoms with Crippen molar-refractivity contribution in [1.29, 1.82) is 5.26 Å². The Morgan fingerprint density at radius 3 is 2.69 bits per heavy atom. The second-order valence-corrected chi connectivity index (χ2v) is 6.53. The van der Waals surface area contributed by atoms with E-state index in [4.69, 9.17) is 0 Å². The maximum Gasteiger partial charge on any atom is 0.238 e. The van der Waals surface area contributed by atoms with Crippen LogP contribution in [0.5, 0.6) is 0 Å². The molecule has 0 atom stereocenters. The highest BCUT2D eigenvalue weighted by Crippen LogP contribution is 2.26. The summed E-state index contributed by atoms with van der Waals surface area (Å²) in [6.07, 6.45) is 1.83. The first-order valence-electron chi connectivity index (χ1n) is 8.69. The number of hydrazine groups is 1. The van der Waals surface area contributed by atoms with Crippen molar-refractivity contribution in [1.82, 2.24) is 19.9 Å². The molecular weight excluding hydrogens is 324 g/mol. The quantitative estimate of drug-likeness (QED) is 0.788. The summed E-state index contributed by atoms with van der Waals surface area (Å²) in [4.78, 5) is 11.4. The molecule has 3 aromatic rings. The molecular formula is C20H20N6. The van der Waals surface area contributed by atoms with Gasteiger partial charge in [0.1, 0.15) is 0 Å². The van der Waals surface area contributed by atoms with Crippen LogP contribution in [-0.4, -0.2) is 53.1 Å². The van der Waals surface area contributed by atoms with Crippen molar-refractivity contribution in [3.05, 3.63) is 54.2 Å². The lowest BCUT2D eigenvalue weighted by atomic mass is 9.99. The Kier molecular flexibility index (Phi) is 4.48. The molecule has 1 aliphatic heterocycles. The molecule has 1 N–H and O–H groups in total. The number of piperazine rings is 1. The molecule has 0 bridgehead atoms. The summed E-state index contributed by atoms with van der Waals surface area (Å²) in [5.74, 6) is 0.618. The molecule has 26 heavy (non-hydrogen) atoms. The Morgan fingerprint density at radius 1 is 1.08 bits per heavy atom. The molecule has 0 unspecified atom stereocenters. The first-order chi connectivity index (χ1) is 12.7. The third kappa shape index (κ3) is 3.36. The number of hydrogen-bond donors (Lipinski definition) is 1. The highest BCUT2D eigenvalue weighted by atomic mass is 15.5. The predicted octanol–water partition coefficient (Wildman–Crippen LogP) is 2.74. The predicted molar refractivity (Wildman–Crippen MR) is 102 cm³/mol. The van der Waals surface area contributed by atoms with Crippen LogP contribution in [0.2, 0.25) is 0 Å². The summed E-state index contributed by atoms with van der Waals surface area (Å²) in [7, 11) is 2.13. The number of likely N-dealkylation sites (N-methyl/N-ethyl adjacent to an activating group) is 1. The highest BCUT2D eigenvalue weighted by Gasteiger charge is 2.14. The van der Waals surface area contributed by atoms with Gasteiger partial charge in [0, 0.05) is 37.8 Å². The molecule has 1 aliphatic rings. The minimum Gasteiger partial charge on any atom is -0.304 e. The van der Waals surface area contributed by atoms with Gasteiger partial charge < -0.3 is 4.90 Å². The summed E-state index contributed by atoms with van der Waals surface area (Å²) >= 11 is 0. The number of benzene rings is 2. The van der Waals surface area contributed by atoms with Gasteiger partial charge in [0.05, 0.1) is 17.1 Å². The van der Waals surface area contributed by atoms with Gasteiger partial charge >= 0.3 is 0 Å². The molecule has 2 heterocycles. The molecule has 1 fully saturated rings. The molecule has 6 nitrogen and oxygen atoms in total. The van der Waals surface area contributed by atoms with E-state index >= 15 is 0 Å². The van der Waals surface area contributed by atoms with Gasteiger partial charge in [-0.1, -0.05) is 24.3 Å². The number of nitriles is 1. The highest BCUT2D eigenvalue weighted by molar-refractivity contribution is 5.85. The molecule has 1 saturated heterocycles. The van der Waals surface area contributed by atoms with Crippen molar-refractivity contribution < 1.29 is 0 Å². The Balaban J connectivity index is 1.59. The van der Waals surface area contributed by atoms with E-state index in [1.165, 1.54) is 0 Å². The van der Waals surface area contributed by atoms with E-state index in [-0.39, 0.29) is 0 Å². The molecule has 0 radical (unpaired) electrons. The average molecular weight is 344 g/mol. The molecule has 0 spiro atoms. The van der Waals surface area contributed by atoms with Gasteiger partial charge in [-0.2, -0.15) is 5.26 Å². The molecule has 6 heteroatoms. The van der Waals surface area contributed by atoms with Crippen molar-refractivity contribution in [2.24, 2.45) is 0 Å². The minimum atomic E-state index is 0.618. The van der Waals surface area contributed by atoms with E-state index in [1.807, 2.05) is 48.7 Å². The van der Waals surface area contributed by atoms with Gasteiger partial charge in [0.2, 0.25) is 5.95 Å². The van der Waals surface area contributed by atoms with Crippen molar-refractivity contribution in [3.8, 4) is 17.2 Å². The van der Waals surface area contributed by atoms with Gasteiger partial charge in [-0.05, 0) is 36.4 Å². The molecule has 2 aromatic carbocycles. The molecule has 4 rings (SSSR count). The van der Waals surface area contributed by atoms with Crippen LogP contribution in [0.15, 0.2) is 48.7 Å². The summed E-state index contributed by atoms with van der Waals surface area (Å²) in [6.45, 7) is 3.95. The van der Waals surface area contributed by atoms with Crippen molar-refractivity contribution in [3.63, 3.8) is 0 Å². The maximum atomic E-state index is 9.31. The number of fused-ring (bicyclic) bond motifs is 1. The Bertz CT molecular complexity index is 969. The zero-order valence-electron chi connectivity index (χ0n) is 14.7. The topological polar surface area (TPSA) is 68.1 Å². The Labute approximate surface area is 152 Å². The summed E-state index contributed by atoms with van der Waals surface area (Å²) < 4.78 is 0. The number of rotatable bonds is 3. The fourth-order valence-electron chi connectivity index (χ4n) is 3.15. The SMILES string of the molecule is CN1CCN(Nc2ncc3cc(-c4ccccc4C#N)ccc3n2)CC1. The van der Waals surface area contributed by atoms with E-state index in [9.17, 15) is 5.26 Å². The zero-order valence-corrected chi connectivity index (χ0v) is 14.7. The second kappa shape index (κ2) is 7.08. The lowest BCUT2D eigenvalue weighted by Gasteiger charge is -2.32. The van der Waals surface area contributed by atoms with E-state index in [0.29, 0.717) is 11.5 Å². The Morgan fingerprint density at radius 2 is 1.88 bits per heavy atom. The fraction of sp³-hybridized carbons (Fsp3) is 0.250. The summed E-state index contributed by atoms with van der Waals surface area (Å²) in [5.41, 5.74) is 6.78. The van der Waals surface area contributed by atoms with Crippen LogP contribution in [-0.2, 0) is 0 Å². The van der Waals surface area contributed by atoms with Crippen molar-refractivity contribution in [2.75, 3.05) is 38.7 Å². The van der Waals surface area contributed by atoms with Gasteiger partial charge in [-0.3, -0.25) is 5.43 Å². The number of anilines is 1. The van der Waals surface area contributed by atoms with Gasteiger partial charge in [-0.25, -0.2) is 15.0 Å². The molecule has 0 saturated carbocycles. The van der Waals surface area contributed by atoms with Crippen LogP contribution < -0.4 is 5.43 Å². The van der Waals surface area contributed by atoms with Gasteiger partial charge in [-0.15, -0.1) is 0 Å². The zero-order chi connectivity index (χ0) is 17.9. The second-order valence-electron chi connectivity index (χ2n) is 6.53. The fourth-order valence-corrected chi connectivity index (χ4v) is 3.15. The average Bonchev–Trinajstić information content (AvgIpc) is 2.69. The molecule has 1 aromatic heterocycles. The lowest BCUT2D eigenvalue weighted by molar-refractivity contribution is 0.178. The third-order valence-corrected chi connectivity index (χ3v) is 4.70. The molecule has 0 aliphatic carbocycles. The normalized spacial score (nSPS) is 15.7. The largest absolute Gasteiger partial charge is 0.304 e. The van der Waals surface area contributed by atoms with Crippen LogP contribution in [0.3, 0.4) is 0 Å². The van der Waals surface area contributed by atoms with Gasteiger partial charge in [0.15, 0.2) is 0 Å². The van der Waals surface area contributed by atoms with Crippen LogP contribution >= 0.6 is 0 Å². The van der Waals surface area contributed by atoms with Crippen LogP contribution in [0.1, 0.15) is 5.56 Å². The summed E-state index contributed by atoms with van der Waals surface area (Å²) in [5, 5.41) is 12.4. The van der Waals surface area contributed by atoms with E-state index in [1.54, 1.807) is 0 Å². The van der Waals surface area contributed by atoms with Crippen molar-refractivity contribution in [2.45, 2.75) is 0 Å². The first-order valence-corrected chi connectivity index (χ1v) is 8.69. The van der Waals surface area contributed by atoms with E-state index in [2.05, 4.69) is 38.4 Å². The lowest BCUT2D eigenvalue weighted by Crippen LogP contribution is -2.47. The van der Waals surface area contributed by atoms with Crippen LogP contribution in [0.4, 0.5) is 5.95 Å². The third-order valence-electron chi connectivity index (χ3n) is 4.70. The molecule has 130 valence electrons. The standard InChI is InChI=1S/C20H20N6/c1-25-8-10-26(11-9-25)24-20-22-14-17-12-15(6-7-19(17)23-20)18-5-3-2-4-16(18)13-21/h2-7,12,14H,8-11H2,1H3,(H,22,23,24). The van der Waals surface area contributed by atoms with E-state index < -0.39 is 0 Å². The Hall–Kier alpha value is -3.01. The maximum absolute atomic E-state index is 9.31. The number of nitrogens with one attached hydrogen (secondary N) is 1. The van der Waals surface area contributed by atoms with Crippen LogP contribution in [0, 0.1) is 11.3 Å². The monoisotopic (exact) mass is 344 g/mol. The smallest absolute Gasteiger partial charge is 0.238 e. The number of nitrogens with zero attached hydrogens (tertiary/aromatic N) is 5. The minimum absolute atomic E-state index is 0.618.